The molecule has 138 valence electrons. The quantitative estimate of drug-likeness (QED) is 0.793. The van der Waals surface area contributed by atoms with E-state index >= 15 is 0 Å². The predicted molar refractivity (Wildman–Crippen MR) is 92.2 cm³/mol. The van der Waals surface area contributed by atoms with E-state index in [2.05, 4.69) is 5.32 Å². The van der Waals surface area contributed by atoms with Crippen LogP contribution in [0.4, 0.5) is 4.79 Å². The Kier molecular flexibility index (Phi) is 7.71. The predicted octanol–water partition coefficient (Wildman–Crippen LogP) is 1.03. The summed E-state index contributed by atoms with van der Waals surface area (Å²) in [5.41, 5.74) is 0.529. The van der Waals surface area contributed by atoms with E-state index in [1.54, 1.807) is 38.4 Å². The molecule has 8 heteroatoms. The van der Waals surface area contributed by atoms with Crippen LogP contribution >= 0.6 is 0 Å². The number of nitrogens with one attached hydrogen (secondary N) is 1. The van der Waals surface area contributed by atoms with E-state index in [1.807, 2.05) is 0 Å². The van der Waals surface area contributed by atoms with Gasteiger partial charge < -0.3 is 24.6 Å². The third kappa shape index (κ3) is 5.98. The summed E-state index contributed by atoms with van der Waals surface area (Å²) in [5.74, 6) is 0.159. The fraction of sp³-hybridized carbons (Fsp3) is 0.471. The van der Waals surface area contributed by atoms with Gasteiger partial charge in [0.2, 0.25) is 12.0 Å². The van der Waals surface area contributed by atoms with Crippen LogP contribution in [0.2, 0.25) is 0 Å². The molecule has 1 unspecified atom stereocenters. The Balaban J connectivity index is 2.91. The molecular weight excluding hydrogens is 326 g/mol. The van der Waals surface area contributed by atoms with Crippen molar-refractivity contribution < 1.29 is 23.9 Å². The number of carbonyl (C=O) groups is 3. The monoisotopic (exact) mass is 351 g/mol. The summed E-state index contributed by atoms with van der Waals surface area (Å²) in [6.45, 7) is 2.15. The molecular formula is C17H25N3O5. The third-order valence-corrected chi connectivity index (χ3v) is 3.76. The van der Waals surface area contributed by atoms with Gasteiger partial charge in [0.05, 0.1) is 7.11 Å². The molecule has 0 aromatic heterocycles. The minimum Gasteiger partial charge on any atom is -0.497 e. The number of benzene rings is 1. The van der Waals surface area contributed by atoms with Gasteiger partial charge in [-0.15, -0.1) is 0 Å². The second-order valence-electron chi connectivity index (χ2n) is 5.51. The Hall–Kier alpha value is -2.77. The van der Waals surface area contributed by atoms with Gasteiger partial charge in [0.15, 0.2) is 0 Å². The van der Waals surface area contributed by atoms with E-state index in [4.69, 9.17) is 9.47 Å². The van der Waals surface area contributed by atoms with Gasteiger partial charge in [0, 0.05) is 46.7 Å². The van der Waals surface area contributed by atoms with Crippen LogP contribution in [0.25, 0.3) is 0 Å². The second kappa shape index (κ2) is 9.51. The maximum absolute atomic E-state index is 12.7. The van der Waals surface area contributed by atoms with Gasteiger partial charge in [-0.3, -0.25) is 9.59 Å². The molecule has 0 saturated heterocycles. The van der Waals surface area contributed by atoms with E-state index in [0.29, 0.717) is 24.4 Å². The van der Waals surface area contributed by atoms with Crippen molar-refractivity contribution in [1.82, 2.24) is 15.1 Å². The zero-order valence-electron chi connectivity index (χ0n) is 15.2. The van der Waals surface area contributed by atoms with Crippen LogP contribution in [0, 0.1) is 0 Å². The molecule has 0 saturated carbocycles. The highest BCUT2D eigenvalue weighted by molar-refractivity contribution is 5.84. The van der Waals surface area contributed by atoms with Gasteiger partial charge >= 0.3 is 6.09 Å². The number of ether oxygens (including phenoxy) is 2. The highest BCUT2D eigenvalue weighted by Gasteiger charge is 2.28. The Morgan fingerprint density at radius 3 is 2.12 bits per heavy atom. The first kappa shape index (κ1) is 20.3. The van der Waals surface area contributed by atoms with Gasteiger partial charge in [-0.05, 0) is 12.1 Å². The molecule has 8 nitrogen and oxygen atoms in total. The molecule has 1 atom stereocenters. The van der Waals surface area contributed by atoms with E-state index in [-0.39, 0.29) is 11.8 Å². The molecule has 0 aliphatic rings. The lowest BCUT2D eigenvalue weighted by Crippen LogP contribution is -2.40. The standard InChI is InChI=1S/C17H25N3O5/c1-12(21)19(3)10-11-20(4)16(22)15(25-17(23)18-2)13-6-8-14(24-5)9-7-13/h6-9,15H,10-11H2,1-5H3,(H,18,23). The zero-order chi connectivity index (χ0) is 19.0. The van der Waals surface area contributed by atoms with Gasteiger partial charge in [0.25, 0.3) is 5.91 Å². The Morgan fingerprint density at radius 1 is 1.08 bits per heavy atom. The SMILES string of the molecule is CNC(=O)OC(C(=O)N(C)CCN(C)C(C)=O)c1ccc(OC)cc1. The van der Waals surface area contributed by atoms with E-state index in [1.165, 1.54) is 30.9 Å². The van der Waals surface area contributed by atoms with Crippen molar-refractivity contribution in [3.8, 4) is 5.75 Å². The number of alkyl carbamates (subject to hydrolysis) is 1. The Labute approximate surface area is 147 Å². The van der Waals surface area contributed by atoms with Crippen LogP contribution in [0.15, 0.2) is 24.3 Å². The average Bonchev–Trinajstić information content (AvgIpc) is 2.62. The zero-order valence-corrected chi connectivity index (χ0v) is 15.2. The Bertz CT molecular complexity index is 603. The van der Waals surface area contributed by atoms with Crippen molar-refractivity contribution in [2.75, 3.05) is 41.3 Å². The largest absolute Gasteiger partial charge is 0.497 e. The number of nitrogens with zero attached hydrogens (tertiary/aromatic N) is 2. The summed E-state index contributed by atoms with van der Waals surface area (Å²) in [5, 5.41) is 2.34. The summed E-state index contributed by atoms with van der Waals surface area (Å²) in [7, 11) is 6.21. The van der Waals surface area contributed by atoms with Crippen molar-refractivity contribution in [2.45, 2.75) is 13.0 Å². The van der Waals surface area contributed by atoms with Crippen LogP contribution in [0.1, 0.15) is 18.6 Å². The molecule has 0 fully saturated rings. The van der Waals surface area contributed by atoms with Gasteiger partial charge in [0.1, 0.15) is 5.75 Å². The molecule has 0 radical (unpaired) electrons. The number of hydrogen-bond acceptors (Lipinski definition) is 5. The maximum Gasteiger partial charge on any atom is 0.408 e. The molecule has 0 aliphatic carbocycles. The number of likely N-dealkylation sites (N-methyl/N-ethyl adjacent to an activating group) is 2. The summed E-state index contributed by atoms with van der Waals surface area (Å²) in [4.78, 5) is 38.5. The molecule has 1 aromatic rings. The smallest absolute Gasteiger partial charge is 0.408 e. The normalized spacial score (nSPS) is 11.2. The van der Waals surface area contributed by atoms with Crippen molar-refractivity contribution >= 4 is 17.9 Å². The molecule has 0 heterocycles. The first-order valence-electron chi connectivity index (χ1n) is 7.79. The summed E-state index contributed by atoms with van der Waals surface area (Å²) < 4.78 is 10.3. The second-order valence-corrected chi connectivity index (χ2v) is 5.51. The van der Waals surface area contributed by atoms with Crippen LogP contribution in [-0.2, 0) is 14.3 Å². The van der Waals surface area contributed by atoms with Crippen LogP contribution in [0.5, 0.6) is 5.75 Å². The van der Waals surface area contributed by atoms with Gasteiger partial charge in [-0.25, -0.2) is 4.79 Å². The van der Waals surface area contributed by atoms with E-state index in [0.717, 1.165) is 0 Å². The highest BCUT2D eigenvalue weighted by atomic mass is 16.6. The van der Waals surface area contributed by atoms with Crippen LogP contribution in [-0.4, -0.2) is 69.0 Å². The van der Waals surface area contributed by atoms with Gasteiger partial charge in [-0.1, -0.05) is 12.1 Å². The fourth-order valence-electron chi connectivity index (χ4n) is 1.97. The first-order valence-corrected chi connectivity index (χ1v) is 7.79. The molecule has 1 rings (SSSR count). The molecule has 25 heavy (non-hydrogen) atoms. The molecule has 3 amide bonds. The van der Waals surface area contributed by atoms with E-state index in [9.17, 15) is 14.4 Å². The minimum absolute atomic E-state index is 0.0887. The average molecular weight is 351 g/mol. The van der Waals surface area contributed by atoms with Gasteiger partial charge in [-0.2, -0.15) is 0 Å². The fourth-order valence-corrected chi connectivity index (χ4v) is 1.97. The van der Waals surface area contributed by atoms with Crippen molar-refractivity contribution in [3.63, 3.8) is 0 Å². The molecule has 0 aliphatic heterocycles. The van der Waals surface area contributed by atoms with Crippen molar-refractivity contribution in [1.29, 1.82) is 0 Å². The highest BCUT2D eigenvalue weighted by Crippen LogP contribution is 2.23. The molecule has 1 aromatic carbocycles. The Morgan fingerprint density at radius 2 is 1.64 bits per heavy atom. The van der Waals surface area contributed by atoms with Crippen molar-refractivity contribution in [3.05, 3.63) is 29.8 Å². The van der Waals surface area contributed by atoms with Crippen molar-refractivity contribution in [2.24, 2.45) is 0 Å². The number of hydrogen-bond donors (Lipinski definition) is 1. The number of amides is 3. The first-order chi connectivity index (χ1) is 11.8. The molecule has 0 bridgehead atoms. The third-order valence-electron chi connectivity index (χ3n) is 3.76. The van der Waals surface area contributed by atoms with Crippen LogP contribution < -0.4 is 10.1 Å². The number of carbonyl (C=O) groups excluding carboxylic acids is 3. The summed E-state index contributed by atoms with van der Waals surface area (Å²) in [6, 6.07) is 6.71. The molecule has 1 N–H and O–H groups in total. The molecule has 0 spiro atoms. The van der Waals surface area contributed by atoms with Crippen LogP contribution in [0.3, 0.4) is 0 Å². The lowest BCUT2D eigenvalue weighted by Gasteiger charge is -2.26. The minimum atomic E-state index is -1.08. The lowest BCUT2D eigenvalue weighted by molar-refractivity contribution is -0.140. The topological polar surface area (TPSA) is 88.2 Å². The number of methoxy groups -OCH3 is 1. The maximum atomic E-state index is 12.7. The lowest BCUT2D eigenvalue weighted by atomic mass is 10.1. The summed E-state index contributed by atoms with van der Waals surface area (Å²) in [6.07, 6.45) is -1.79. The van der Waals surface area contributed by atoms with E-state index < -0.39 is 12.2 Å². The number of rotatable bonds is 7. The summed E-state index contributed by atoms with van der Waals surface area (Å²) >= 11 is 0.